The SMILES string of the molecule is CCOC(=O)c1cn(C2CC(=O)NC(C(=O)OC)C2)nn1. The smallest absolute Gasteiger partial charge is 0.360 e. The number of carbonyl (C=O) groups is 3. The predicted molar refractivity (Wildman–Crippen MR) is 68.2 cm³/mol. The lowest BCUT2D eigenvalue weighted by molar-refractivity contribution is -0.147. The van der Waals surface area contributed by atoms with Crippen LogP contribution in [0.1, 0.15) is 36.3 Å². The van der Waals surface area contributed by atoms with Crippen molar-refractivity contribution in [1.29, 1.82) is 0 Å². The van der Waals surface area contributed by atoms with Crippen LogP contribution in [-0.4, -0.2) is 52.6 Å². The summed E-state index contributed by atoms with van der Waals surface area (Å²) in [6, 6.07) is -1.09. The Kier molecular flexibility index (Phi) is 4.51. The summed E-state index contributed by atoms with van der Waals surface area (Å²) in [4.78, 5) is 34.7. The predicted octanol–water partition coefficient (Wildman–Crippen LogP) is -0.552. The Hall–Kier alpha value is -2.45. The van der Waals surface area contributed by atoms with Crippen molar-refractivity contribution in [3.05, 3.63) is 11.9 Å². The first-order chi connectivity index (χ1) is 10.0. The lowest BCUT2D eigenvalue weighted by Gasteiger charge is -2.27. The van der Waals surface area contributed by atoms with Gasteiger partial charge in [0.2, 0.25) is 5.91 Å². The van der Waals surface area contributed by atoms with Gasteiger partial charge < -0.3 is 14.8 Å². The Morgan fingerprint density at radius 1 is 1.52 bits per heavy atom. The van der Waals surface area contributed by atoms with E-state index >= 15 is 0 Å². The molecule has 9 nitrogen and oxygen atoms in total. The number of piperidine rings is 1. The third kappa shape index (κ3) is 3.36. The largest absolute Gasteiger partial charge is 0.467 e. The van der Waals surface area contributed by atoms with Crippen LogP contribution >= 0.6 is 0 Å². The van der Waals surface area contributed by atoms with E-state index in [4.69, 9.17) is 4.74 Å². The third-order valence-corrected chi connectivity index (χ3v) is 3.12. The molecule has 2 atom stereocenters. The van der Waals surface area contributed by atoms with Gasteiger partial charge in [-0.3, -0.25) is 4.79 Å². The number of nitrogens with one attached hydrogen (secondary N) is 1. The molecule has 2 rings (SSSR count). The van der Waals surface area contributed by atoms with Crippen molar-refractivity contribution >= 4 is 17.8 Å². The molecule has 1 fully saturated rings. The summed E-state index contributed by atoms with van der Waals surface area (Å²) in [7, 11) is 1.26. The summed E-state index contributed by atoms with van der Waals surface area (Å²) in [6.07, 6.45) is 1.89. The highest BCUT2D eigenvalue weighted by atomic mass is 16.5. The van der Waals surface area contributed by atoms with Gasteiger partial charge in [0.05, 0.1) is 26.0 Å². The molecule has 1 aliphatic heterocycles. The Morgan fingerprint density at radius 2 is 2.29 bits per heavy atom. The molecule has 0 aromatic carbocycles. The zero-order valence-electron chi connectivity index (χ0n) is 11.7. The van der Waals surface area contributed by atoms with Gasteiger partial charge in [-0.15, -0.1) is 5.10 Å². The van der Waals surface area contributed by atoms with Crippen molar-refractivity contribution in [2.75, 3.05) is 13.7 Å². The first-order valence-electron chi connectivity index (χ1n) is 6.51. The number of hydrogen-bond donors (Lipinski definition) is 1. The van der Waals surface area contributed by atoms with Crippen LogP contribution in [0.5, 0.6) is 0 Å². The van der Waals surface area contributed by atoms with E-state index < -0.39 is 18.0 Å². The lowest BCUT2D eigenvalue weighted by Crippen LogP contribution is -2.48. The molecule has 1 aromatic rings. The highest BCUT2D eigenvalue weighted by Crippen LogP contribution is 2.22. The number of nitrogens with zero attached hydrogens (tertiary/aromatic N) is 3. The van der Waals surface area contributed by atoms with Crippen LogP contribution in [0.3, 0.4) is 0 Å². The molecule has 2 heterocycles. The van der Waals surface area contributed by atoms with E-state index in [0.29, 0.717) is 6.42 Å². The molecular weight excluding hydrogens is 280 g/mol. The van der Waals surface area contributed by atoms with Crippen LogP contribution in [0.4, 0.5) is 0 Å². The van der Waals surface area contributed by atoms with Gasteiger partial charge in [0.25, 0.3) is 0 Å². The second-order valence-electron chi connectivity index (χ2n) is 4.54. The Labute approximate surface area is 120 Å². The monoisotopic (exact) mass is 296 g/mol. The first-order valence-corrected chi connectivity index (χ1v) is 6.51. The lowest BCUT2D eigenvalue weighted by atomic mass is 9.99. The van der Waals surface area contributed by atoms with Crippen LogP contribution in [0.25, 0.3) is 0 Å². The van der Waals surface area contributed by atoms with E-state index in [9.17, 15) is 14.4 Å². The molecule has 2 unspecified atom stereocenters. The van der Waals surface area contributed by atoms with Crippen molar-refractivity contribution in [3.8, 4) is 0 Å². The maximum Gasteiger partial charge on any atom is 0.360 e. The molecular formula is C12H16N4O5. The molecule has 0 radical (unpaired) electrons. The molecule has 1 aliphatic rings. The fourth-order valence-electron chi connectivity index (χ4n) is 2.13. The topological polar surface area (TPSA) is 112 Å². The minimum Gasteiger partial charge on any atom is -0.467 e. The summed E-state index contributed by atoms with van der Waals surface area (Å²) in [5, 5.41) is 10.1. The molecule has 21 heavy (non-hydrogen) atoms. The number of aromatic nitrogens is 3. The molecule has 0 saturated carbocycles. The average Bonchev–Trinajstić information content (AvgIpc) is 2.96. The fraction of sp³-hybridized carbons (Fsp3) is 0.583. The minimum absolute atomic E-state index is 0.0671. The molecule has 0 aliphatic carbocycles. The summed E-state index contributed by atoms with van der Waals surface area (Å²) < 4.78 is 10.8. The molecule has 0 spiro atoms. The van der Waals surface area contributed by atoms with E-state index in [1.54, 1.807) is 6.92 Å². The van der Waals surface area contributed by atoms with Crippen LogP contribution in [0.2, 0.25) is 0 Å². The summed E-state index contributed by atoms with van der Waals surface area (Å²) in [5.41, 5.74) is 0.0671. The molecule has 1 aromatic heterocycles. The second-order valence-corrected chi connectivity index (χ2v) is 4.54. The average molecular weight is 296 g/mol. The van der Waals surface area contributed by atoms with Crippen LogP contribution in [-0.2, 0) is 19.1 Å². The number of carbonyl (C=O) groups excluding carboxylic acids is 3. The zero-order valence-corrected chi connectivity index (χ0v) is 11.7. The number of rotatable bonds is 4. The van der Waals surface area contributed by atoms with Gasteiger partial charge in [-0.25, -0.2) is 14.3 Å². The van der Waals surface area contributed by atoms with Gasteiger partial charge in [0.1, 0.15) is 6.04 Å². The number of ether oxygens (including phenoxy) is 2. The van der Waals surface area contributed by atoms with Gasteiger partial charge >= 0.3 is 11.9 Å². The summed E-state index contributed by atoms with van der Waals surface area (Å²) >= 11 is 0. The molecule has 1 amide bonds. The maximum atomic E-state index is 11.6. The highest BCUT2D eigenvalue weighted by Gasteiger charge is 2.33. The standard InChI is InChI=1S/C12H16N4O5/c1-3-21-12(19)9-6-16(15-14-9)7-4-8(11(18)20-2)13-10(17)5-7/h6-8H,3-5H2,1-2H3,(H,13,17). The molecule has 9 heteroatoms. The maximum absolute atomic E-state index is 11.6. The fourth-order valence-corrected chi connectivity index (χ4v) is 2.13. The Balaban J connectivity index is 2.12. The third-order valence-electron chi connectivity index (χ3n) is 3.12. The number of amides is 1. The van der Waals surface area contributed by atoms with Gasteiger partial charge in [0, 0.05) is 12.8 Å². The molecule has 1 N–H and O–H groups in total. The van der Waals surface area contributed by atoms with Gasteiger partial charge in [0.15, 0.2) is 5.69 Å². The Bertz CT molecular complexity index is 556. The van der Waals surface area contributed by atoms with Gasteiger partial charge in [-0.2, -0.15) is 0 Å². The van der Waals surface area contributed by atoms with Gasteiger partial charge in [-0.05, 0) is 6.92 Å². The number of esters is 2. The van der Waals surface area contributed by atoms with Gasteiger partial charge in [-0.1, -0.05) is 5.21 Å². The Morgan fingerprint density at radius 3 is 2.95 bits per heavy atom. The number of hydrogen-bond acceptors (Lipinski definition) is 7. The zero-order chi connectivity index (χ0) is 15.4. The van der Waals surface area contributed by atoms with Crippen LogP contribution < -0.4 is 5.32 Å². The van der Waals surface area contributed by atoms with Crippen LogP contribution in [0, 0.1) is 0 Å². The quantitative estimate of drug-likeness (QED) is 0.741. The van der Waals surface area contributed by atoms with E-state index in [0.717, 1.165) is 0 Å². The van der Waals surface area contributed by atoms with E-state index in [2.05, 4.69) is 20.4 Å². The van der Waals surface area contributed by atoms with E-state index in [-0.39, 0.29) is 30.7 Å². The van der Waals surface area contributed by atoms with Crippen molar-refractivity contribution in [1.82, 2.24) is 20.3 Å². The molecule has 114 valence electrons. The molecule has 1 saturated heterocycles. The van der Waals surface area contributed by atoms with Crippen molar-refractivity contribution in [2.45, 2.75) is 31.8 Å². The van der Waals surface area contributed by atoms with Crippen molar-refractivity contribution < 1.29 is 23.9 Å². The normalized spacial score (nSPS) is 21.5. The summed E-state index contributed by atoms with van der Waals surface area (Å²) in [6.45, 7) is 1.93. The van der Waals surface area contributed by atoms with Crippen molar-refractivity contribution in [2.24, 2.45) is 0 Å². The molecule has 0 bridgehead atoms. The van der Waals surface area contributed by atoms with Crippen LogP contribution in [0.15, 0.2) is 6.20 Å². The first kappa shape index (κ1) is 14.9. The van der Waals surface area contributed by atoms with E-state index in [1.807, 2.05) is 0 Å². The minimum atomic E-state index is -0.725. The van der Waals surface area contributed by atoms with Crippen molar-refractivity contribution in [3.63, 3.8) is 0 Å². The second kappa shape index (κ2) is 6.33. The number of methoxy groups -OCH3 is 1. The van der Waals surface area contributed by atoms with E-state index in [1.165, 1.54) is 18.0 Å². The highest BCUT2D eigenvalue weighted by molar-refractivity contribution is 5.87. The summed E-state index contributed by atoms with van der Waals surface area (Å²) in [5.74, 6) is -1.37.